The van der Waals surface area contributed by atoms with Gasteiger partial charge >= 0.3 is 0 Å². The number of rotatable bonds is 7. The zero-order valence-electron chi connectivity index (χ0n) is 16.0. The van der Waals surface area contributed by atoms with Crippen LogP contribution in [0.3, 0.4) is 0 Å². The van der Waals surface area contributed by atoms with Crippen molar-refractivity contribution >= 4 is 41.3 Å². The molecule has 1 aliphatic carbocycles. The van der Waals surface area contributed by atoms with E-state index in [9.17, 15) is 0 Å². The first-order valence-electron chi connectivity index (χ1n) is 9.19. The average Bonchev–Trinajstić information content (AvgIpc) is 3.08. The van der Waals surface area contributed by atoms with Crippen molar-refractivity contribution in [2.24, 2.45) is 4.99 Å². The minimum Gasteiger partial charge on any atom is -0.355 e. The third-order valence-electron chi connectivity index (χ3n) is 4.75. The fourth-order valence-electron chi connectivity index (χ4n) is 3.11. The summed E-state index contributed by atoms with van der Waals surface area (Å²) in [5, 5.41) is 10.0. The Morgan fingerprint density at radius 3 is 2.64 bits per heavy atom. The molecule has 0 spiro atoms. The molecule has 0 bridgehead atoms. The van der Waals surface area contributed by atoms with Gasteiger partial charge in [0.15, 0.2) is 5.96 Å². The fraction of sp³-hybridized carbons (Fsp3) is 0.778. The molecule has 0 radical (unpaired) electrons. The standard InChI is InChI=1S/C18H33N5S.HI/c1-14(2)16-13-24-17(22-16)12-21-18(19-3)20-10-11-23(4)15-8-6-5-7-9-15;/h13-15H,5-12H2,1-4H3,(H2,19,20,21);1H. The zero-order chi connectivity index (χ0) is 17.4. The Balaban J connectivity index is 0.00000312. The quantitative estimate of drug-likeness (QED) is 0.355. The van der Waals surface area contributed by atoms with Crippen LogP contribution in [0.5, 0.6) is 0 Å². The van der Waals surface area contributed by atoms with Crippen LogP contribution < -0.4 is 10.6 Å². The molecule has 0 aromatic carbocycles. The van der Waals surface area contributed by atoms with E-state index in [1.807, 2.05) is 7.05 Å². The molecule has 1 aromatic heterocycles. The summed E-state index contributed by atoms with van der Waals surface area (Å²) in [6.45, 7) is 7.06. The lowest BCUT2D eigenvalue weighted by molar-refractivity contribution is 0.194. The van der Waals surface area contributed by atoms with Gasteiger partial charge in [0.05, 0.1) is 12.2 Å². The van der Waals surface area contributed by atoms with E-state index >= 15 is 0 Å². The molecule has 2 rings (SSSR count). The molecule has 1 aliphatic rings. The van der Waals surface area contributed by atoms with Crippen LogP contribution in [0.15, 0.2) is 10.4 Å². The van der Waals surface area contributed by atoms with E-state index in [-0.39, 0.29) is 24.0 Å². The summed E-state index contributed by atoms with van der Waals surface area (Å²) in [6, 6.07) is 0.764. The van der Waals surface area contributed by atoms with Crippen molar-refractivity contribution in [2.75, 3.05) is 27.2 Å². The van der Waals surface area contributed by atoms with Crippen LogP contribution in [-0.2, 0) is 6.54 Å². The lowest BCUT2D eigenvalue weighted by Gasteiger charge is -2.31. The number of nitrogens with one attached hydrogen (secondary N) is 2. The Morgan fingerprint density at radius 2 is 2.04 bits per heavy atom. The van der Waals surface area contributed by atoms with E-state index in [1.54, 1.807) is 11.3 Å². The van der Waals surface area contributed by atoms with Crippen molar-refractivity contribution in [1.29, 1.82) is 0 Å². The maximum atomic E-state index is 4.65. The highest BCUT2D eigenvalue weighted by Gasteiger charge is 2.17. The lowest BCUT2D eigenvalue weighted by atomic mass is 9.94. The second-order valence-corrected chi connectivity index (χ2v) is 7.89. The van der Waals surface area contributed by atoms with E-state index in [0.717, 1.165) is 36.6 Å². The maximum absolute atomic E-state index is 4.65. The molecule has 0 atom stereocenters. The summed E-state index contributed by atoms with van der Waals surface area (Å²) >= 11 is 1.71. The monoisotopic (exact) mass is 479 g/mol. The average molecular weight is 479 g/mol. The number of thiazole rings is 1. The summed E-state index contributed by atoms with van der Waals surface area (Å²) in [5.41, 5.74) is 1.17. The molecular formula is C18H34IN5S. The highest BCUT2D eigenvalue weighted by atomic mass is 127. The van der Waals surface area contributed by atoms with Gasteiger partial charge in [-0.2, -0.15) is 0 Å². The van der Waals surface area contributed by atoms with E-state index in [0.29, 0.717) is 5.92 Å². The molecule has 25 heavy (non-hydrogen) atoms. The highest BCUT2D eigenvalue weighted by Crippen LogP contribution is 2.21. The van der Waals surface area contributed by atoms with E-state index in [4.69, 9.17) is 0 Å². The molecule has 0 saturated heterocycles. The molecule has 1 heterocycles. The first-order chi connectivity index (χ1) is 11.6. The zero-order valence-corrected chi connectivity index (χ0v) is 19.2. The minimum absolute atomic E-state index is 0. The normalized spacial score (nSPS) is 16.2. The van der Waals surface area contributed by atoms with Crippen LogP contribution in [0.1, 0.15) is 62.6 Å². The maximum Gasteiger partial charge on any atom is 0.191 e. The Kier molecular flexibility index (Phi) is 10.9. The van der Waals surface area contributed by atoms with E-state index < -0.39 is 0 Å². The van der Waals surface area contributed by atoms with Crippen LogP contribution in [-0.4, -0.2) is 49.1 Å². The number of aliphatic imine (C=N–C) groups is 1. The topological polar surface area (TPSA) is 52.6 Å². The van der Waals surface area contributed by atoms with Gasteiger partial charge in [0.1, 0.15) is 5.01 Å². The number of hydrogen-bond acceptors (Lipinski definition) is 4. The Labute approximate surface area is 174 Å². The van der Waals surface area contributed by atoms with Crippen LogP contribution >= 0.6 is 35.3 Å². The van der Waals surface area contributed by atoms with Crippen molar-refractivity contribution in [2.45, 2.75) is 64.5 Å². The van der Waals surface area contributed by atoms with E-state index in [1.165, 1.54) is 37.8 Å². The van der Waals surface area contributed by atoms with Gasteiger partial charge in [0, 0.05) is 31.6 Å². The molecular weight excluding hydrogens is 445 g/mol. The number of aromatic nitrogens is 1. The predicted molar refractivity (Wildman–Crippen MR) is 119 cm³/mol. The van der Waals surface area contributed by atoms with Crippen molar-refractivity contribution in [3.8, 4) is 0 Å². The highest BCUT2D eigenvalue weighted by molar-refractivity contribution is 14.0. The van der Waals surface area contributed by atoms with E-state index in [2.05, 4.69) is 51.8 Å². The molecule has 0 aliphatic heterocycles. The number of guanidine groups is 1. The number of hydrogen-bond donors (Lipinski definition) is 2. The van der Waals surface area contributed by atoms with Crippen LogP contribution in [0, 0.1) is 0 Å². The summed E-state index contributed by atoms with van der Waals surface area (Å²) in [6.07, 6.45) is 6.89. The Morgan fingerprint density at radius 1 is 1.32 bits per heavy atom. The van der Waals surface area contributed by atoms with Crippen LogP contribution in [0.4, 0.5) is 0 Å². The van der Waals surface area contributed by atoms with Gasteiger partial charge in [0.2, 0.25) is 0 Å². The first-order valence-corrected chi connectivity index (χ1v) is 10.1. The summed E-state index contributed by atoms with van der Waals surface area (Å²) in [5.74, 6) is 1.34. The van der Waals surface area contributed by atoms with Crippen molar-refractivity contribution in [1.82, 2.24) is 20.5 Å². The lowest BCUT2D eigenvalue weighted by Crippen LogP contribution is -2.43. The molecule has 144 valence electrons. The molecule has 0 amide bonds. The number of halogens is 1. The number of nitrogens with zero attached hydrogens (tertiary/aromatic N) is 3. The Bertz CT molecular complexity index is 511. The van der Waals surface area contributed by atoms with Gasteiger partial charge in [-0.05, 0) is 25.8 Å². The van der Waals surface area contributed by atoms with Crippen LogP contribution in [0.2, 0.25) is 0 Å². The first kappa shape index (κ1) is 22.6. The second-order valence-electron chi connectivity index (χ2n) is 6.95. The van der Waals surface area contributed by atoms with Crippen LogP contribution in [0.25, 0.3) is 0 Å². The van der Waals surface area contributed by atoms with Gasteiger partial charge in [-0.3, -0.25) is 4.99 Å². The minimum atomic E-state index is 0. The molecule has 1 aromatic rings. The third-order valence-corrected chi connectivity index (χ3v) is 5.61. The molecule has 1 fully saturated rings. The largest absolute Gasteiger partial charge is 0.355 e. The van der Waals surface area contributed by atoms with Crippen molar-refractivity contribution in [3.05, 3.63) is 16.1 Å². The summed E-state index contributed by atoms with van der Waals surface area (Å²) in [7, 11) is 4.07. The van der Waals surface area contributed by atoms with Gasteiger partial charge in [-0.1, -0.05) is 33.1 Å². The van der Waals surface area contributed by atoms with Crippen molar-refractivity contribution < 1.29 is 0 Å². The summed E-state index contributed by atoms with van der Waals surface area (Å²) < 4.78 is 0. The summed E-state index contributed by atoms with van der Waals surface area (Å²) in [4.78, 5) is 11.5. The SMILES string of the molecule is CN=C(NCCN(C)C1CCCCC1)NCc1nc(C(C)C)cs1.I. The van der Waals surface area contributed by atoms with Crippen molar-refractivity contribution in [3.63, 3.8) is 0 Å². The molecule has 0 unspecified atom stereocenters. The second kappa shape index (κ2) is 12.1. The molecule has 1 saturated carbocycles. The third kappa shape index (κ3) is 7.78. The van der Waals surface area contributed by atoms with Gasteiger partial charge in [-0.25, -0.2) is 4.98 Å². The predicted octanol–water partition coefficient (Wildman–Crippen LogP) is 3.81. The van der Waals surface area contributed by atoms with Gasteiger partial charge < -0.3 is 15.5 Å². The van der Waals surface area contributed by atoms with Gasteiger partial charge in [0.25, 0.3) is 0 Å². The molecule has 5 nitrogen and oxygen atoms in total. The Hall–Kier alpha value is -0.410. The fourth-order valence-corrected chi connectivity index (χ4v) is 4.00. The van der Waals surface area contributed by atoms with Gasteiger partial charge in [-0.15, -0.1) is 35.3 Å². The molecule has 2 N–H and O–H groups in total. The smallest absolute Gasteiger partial charge is 0.191 e. The number of likely N-dealkylation sites (N-methyl/N-ethyl adjacent to an activating group) is 1. The molecule has 7 heteroatoms.